The van der Waals surface area contributed by atoms with Crippen molar-refractivity contribution in [1.29, 1.82) is 0 Å². The molecular formula is C20H26O4. The summed E-state index contributed by atoms with van der Waals surface area (Å²) in [5.74, 6) is 0.654. The molecule has 0 radical (unpaired) electrons. The number of hydrogen-bond donors (Lipinski definition) is 4. The second-order valence-electron chi connectivity index (χ2n) is 6.12. The molecule has 0 aliphatic heterocycles. The van der Waals surface area contributed by atoms with Crippen molar-refractivity contribution in [3.63, 3.8) is 0 Å². The molecule has 0 spiro atoms. The van der Waals surface area contributed by atoms with Gasteiger partial charge in [-0.05, 0) is 60.1 Å². The highest BCUT2D eigenvalue weighted by Gasteiger charge is 2.23. The van der Waals surface area contributed by atoms with E-state index in [-0.39, 0.29) is 36.5 Å². The molecule has 2 rings (SSSR count). The lowest BCUT2D eigenvalue weighted by molar-refractivity contribution is 0.274. The molecule has 2 unspecified atom stereocenters. The summed E-state index contributed by atoms with van der Waals surface area (Å²) in [6, 6.07) is 10.8. The number of hydrogen-bond acceptors (Lipinski definition) is 4. The first-order chi connectivity index (χ1) is 11.5. The van der Waals surface area contributed by atoms with Crippen molar-refractivity contribution in [2.75, 3.05) is 0 Å². The molecule has 2 atom stereocenters. The minimum Gasteiger partial charge on any atom is -0.508 e. The molecule has 4 nitrogen and oxygen atoms in total. The molecule has 0 heterocycles. The van der Waals surface area contributed by atoms with Gasteiger partial charge in [0.1, 0.15) is 11.5 Å². The van der Waals surface area contributed by atoms with Crippen LogP contribution in [0.3, 0.4) is 0 Å². The highest BCUT2D eigenvalue weighted by molar-refractivity contribution is 5.41. The Kier molecular flexibility index (Phi) is 6.23. The predicted octanol–water partition coefficient (Wildman–Crippen LogP) is 3.77. The van der Waals surface area contributed by atoms with E-state index in [1.807, 2.05) is 24.3 Å². The molecule has 4 N–H and O–H groups in total. The number of aliphatic hydroxyl groups excluding tert-OH is 2. The first-order valence-electron chi connectivity index (χ1n) is 8.40. The Bertz CT molecular complexity index is 622. The van der Waals surface area contributed by atoms with Crippen molar-refractivity contribution in [1.82, 2.24) is 0 Å². The standard InChI is InChI=1S/C20H26O4/c1-3-17(13-5-7-19(23)15(9-13)11-21)18(4-2)14-6-8-20(24)16(10-14)12-22/h5-10,17-18,21-24H,3-4,11-12H2,1-2H3. The summed E-state index contributed by atoms with van der Waals surface area (Å²) in [6.07, 6.45) is 1.81. The minimum absolute atomic E-state index is 0.108. The number of aliphatic hydroxyl groups is 2. The van der Waals surface area contributed by atoms with E-state index in [4.69, 9.17) is 0 Å². The van der Waals surface area contributed by atoms with Crippen LogP contribution in [-0.4, -0.2) is 20.4 Å². The fraction of sp³-hybridized carbons (Fsp3) is 0.400. The number of rotatable bonds is 7. The van der Waals surface area contributed by atoms with Crippen LogP contribution in [0.5, 0.6) is 11.5 Å². The lowest BCUT2D eigenvalue weighted by atomic mass is 9.77. The monoisotopic (exact) mass is 330 g/mol. The Labute approximate surface area is 143 Å². The molecule has 0 aliphatic carbocycles. The highest BCUT2D eigenvalue weighted by atomic mass is 16.3. The normalized spacial score (nSPS) is 13.7. The van der Waals surface area contributed by atoms with Crippen LogP contribution >= 0.6 is 0 Å². The SMILES string of the molecule is CCC(c1ccc(O)c(CO)c1)C(CC)c1ccc(O)c(CO)c1. The maximum absolute atomic E-state index is 9.79. The molecule has 130 valence electrons. The average molecular weight is 330 g/mol. The quantitative estimate of drug-likeness (QED) is 0.623. The molecule has 4 heteroatoms. The summed E-state index contributed by atoms with van der Waals surface area (Å²) in [5.41, 5.74) is 3.21. The van der Waals surface area contributed by atoms with E-state index in [2.05, 4.69) is 13.8 Å². The van der Waals surface area contributed by atoms with Crippen molar-refractivity contribution in [3.05, 3.63) is 58.7 Å². The molecule has 0 saturated heterocycles. The van der Waals surface area contributed by atoms with Gasteiger partial charge in [0, 0.05) is 11.1 Å². The Morgan fingerprint density at radius 3 is 1.38 bits per heavy atom. The zero-order valence-corrected chi connectivity index (χ0v) is 14.2. The first kappa shape index (κ1) is 18.3. The van der Waals surface area contributed by atoms with Gasteiger partial charge in [-0.1, -0.05) is 26.0 Å². The van der Waals surface area contributed by atoms with Gasteiger partial charge in [0.25, 0.3) is 0 Å². The molecule has 0 saturated carbocycles. The van der Waals surface area contributed by atoms with E-state index in [1.54, 1.807) is 12.1 Å². The fourth-order valence-corrected chi connectivity index (χ4v) is 3.43. The second-order valence-corrected chi connectivity index (χ2v) is 6.12. The van der Waals surface area contributed by atoms with E-state index in [0.29, 0.717) is 11.1 Å². The summed E-state index contributed by atoms with van der Waals surface area (Å²) in [5, 5.41) is 38.4. The van der Waals surface area contributed by atoms with Gasteiger partial charge in [-0.3, -0.25) is 0 Å². The lowest BCUT2D eigenvalue weighted by Gasteiger charge is -2.27. The number of phenols is 2. The van der Waals surface area contributed by atoms with Gasteiger partial charge >= 0.3 is 0 Å². The van der Waals surface area contributed by atoms with E-state index in [9.17, 15) is 20.4 Å². The largest absolute Gasteiger partial charge is 0.508 e. The molecule has 0 fully saturated rings. The summed E-state index contributed by atoms with van der Waals surface area (Å²) >= 11 is 0. The van der Waals surface area contributed by atoms with E-state index < -0.39 is 0 Å². The third kappa shape index (κ3) is 3.71. The molecule has 0 bridgehead atoms. The maximum Gasteiger partial charge on any atom is 0.121 e. The average Bonchev–Trinajstić information content (AvgIpc) is 2.61. The van der Waals surface area contributed by atoms with Crippen molar-refractivity contribution in [2.45, 2.75) is 51.7 Å². The smallest absolute Gasteiger partial charge is 0.121 e. The van der Waals surface area contributed by atoms with Gasteiger partial charge in [-0.25, -0.2) is 0 Å². The zero-order chi connectivity index (χ0) is 17.7. The molecule has 0 aliphatic rings. The van der Waals surface area contributed by atoms with Crippen molar-refractivity contribution >= 4 is 0 Å². The van der Waals surface area contributed by atoms with Gasteiger partial charge in [0.15, 0.2) is 0 Å². The molecule has 0 aromatic heterocycles. The van der Waals surface area contributed by atoms with Crippen LogP contribution in [0.1, 0.15) is 60.8 Å². The Morgan fingerprint density at radius 2 is 1.08 bits per heavy atom. The maximum atomic E-state index is 9.79. The Hall–Kier alpha value is -2.04. The summed E-state index contributed by atoms with van der Waals surface area (Å²) < 4.78 is 0. The van der Waals surface area contributed by atoms with Gasteiger partial charge in [-0.2, -0.15) is 0 Å². The summed E-state index contributed by atoms with van der Waals surface area (Å²) in [7, 11) is 0. The topological polar surface area (TPSA) is 80.9 Å². The summed E-state index contributed by atoms with van der Waals surface area (Å²) in [4.78, 5) is 0. The van der Waals surface area contributed by atoms with Gasteiger partial charge in [-0.15, -0.1) is 0 Å². The summed E-state index contributed by atoms with van der Waals surface area (Å²) in [6.45, 7) is 3.85. The van der Waals surface area contributed by atoms with E-state index in [0.717, 1.165) is 24.0 Å². The Balaban J connectivity index is 2.43. The second kappa shape index (κ2) is 8.18. The van der Waals surface area contributed by atoms with Crippen molar-refractivity contribution in [2.24, 2.45) is 0 Å². The third-order valence-corrected chi connectivity index (χ3v) is 4.77. The van der Waals surface area contributed by atoms with Crippen LogP contribution in [0, 0.1) is 0 Å². The van der Waals surface area contributed by atoms with Crippen molar-refractivity contribution in [3.8, 4) is 11.5 Å². The fourth-order valence-electron chi connectivity index (χ4n) is 3.43. The van der Waals surface area contributed by atoms with E-state index >= 15 is 0 Å². The molecule has 2 aromatic rings. The van der Waals surface area contributed by atoms with Crippen LogP contribution in [0.25, 0.3) is 0 Å². The van der Waals surface area contributed by atoms with Crippen LogP contribution in [0.2, 0.25) is 0 Å². The number of benzene rings is 2. The zero-order valence-electron chi connectivity index (χ0n) is 14.2. The van der Waals surface area contributed by atoms with Crippen molar-refractivity contribution < 1.29 is 20.4 Å². The minimum atomic E-state index is -0.194. The van der Waals surface area contributed by atoms with Crippen LogP contribution in [-0.2, 0) is 13.2 Å². The van der Waals surface area contributed by atoms with Crippen LogP contribution < -0.4 is 0 Å². The molecule has 2 aromatic carbocycles. The third-order valence-electron chi connectivity index (χ3n) is 4.77. The Morgan fingerprint density at radius 1 is 0.708 bits per heavy atom. The molecule has 24 heavy (non-hydrogen) atoms. The van der Waals surface area contributed by atoms with Crippen LogP contribution in [0.15, 0.2) is 36.4 Å². The van der Waals surface area contributed by atoms with Crippen LogP contribution in [0.4, 0.5) is 0 Å². The number of aromatic hydroxyl groups is 2. The van der Waals surface area contributed by atoms with Gasteiger partial charge in [0.2, 0.25) is 0 Å². The van der Waals surface area contributed by atoms with Gasteiger partial charge < -0.3 is 20.4 Å². The predicted molar refractivity (Wildman–Crippen MR) is 94.1 cm³/mol. The lowest BCUT2D eigenvalue weighted by Crippen LogP contribution is -2.11. The van der Waals surface area contributed by atoms with E-state index in [1.165, 1.54) is 0 Å². The van der Waals surface area contributed by atoms with Gasteiger partial charge in [0.05, 0.1) is 13.2 Å². The first-order valence-corrected chi connectivity index (χ1v) is 8.40. The highest BCUT2D eigenvalue weighted by Crippen LogP contribution is 2.40. The molecular weight excluding hydrogens is 304 g/mol. The molecule has 0 amide bonds.